The Morgan fingerprint density at radius 2 is 0.583 bits per heavy atom. The predicted molar refractivity (Wildman–Crippen MR) is 479 cm³/mol. The van der Waals surface area contributed by atoms with E-state index < -0.39 is 0 Å². The van der Waals surface area contributed by atoms with E-state index in [-0.39, 0.29) is 17.5 Å². The third-order valence-corrected chi connectivity index (χ3v) is 27.2. The van der Waals surface area contributed by atoms with Gasteiger partial charge in [-0.2, -0.15) is 0 Å². The Kier molecular flexibility index (Phi) is 15.1. The second kappa shape index (κ2) is 26.2. The Morgan fingerprint density at radius 1 is 0.243 bits per heavy atom. The van der Waals surface area contributed by atoms with Crippen molar-refractivity contribution >= 4 is 89.7 Å². The van der Waals surface area contributed by atoms with Crippen molar-refractivity contribution in [2.24, 2.45) is 0 Å². The van der Waals surface area contributed by atoms with Gasteiger partial charge in [-0.3, -0.25) is 0 Å². The second-order valence-electron chi connectivity index (χ2n) is 32.9. The molecule has 2 spiro atoms. The van der Waals surface area contributed by atoms with Crippen LogP contribution in [0.25, 0.3) is 122 Å². The van der Waals surface area contributed by atoms with Crippen molar-refractivity contribution in [3.8, 4) is 77.9 Å². The molecular weight excluding hydrogens is 1390 g/mol. The second-order valence-corrected chi connectivity index (χ2v) is 32.9. The molecule has 0 radical (unpaired) electrons. The highest BCUT2D eigenvalue weighted by Crippen LogP contribution is 2.65. The summed E-state index contributed by atoms with van der Waals surface area (Å²) in [7, 11) is 0. The summed E-state index contributed by atoms with van der Waals surface area (Å²) in [5, 5.41) is 4.60. The number of hydrogen-bond donors (Lipinski definition) is 0. The average Bonchev–Trinajstić information content (AvgIpc) is 1.56. The maximum atomic E-state index is 7.25. The van der Waals surface area contributed by atoms with Gasteiger partial charge in [0.25, 0.3) is 6.71 Å². The van der Waals surface area contributed by atoms with E-state index in [2.05, 4.69) is 356 Å². The van der Waals surface area contributed by atoms with Crippen LogP contribution in [-0.2, 0) is 23.7 Å². The molecule has 0 fully saturated rings. The number of rotatable bonds is 17. The lowest BCUT2D eigenvalue weighted by atomic mass is 9.33. The van der Waals surface area contributed by atoms with E-state index in [1.54, 1.807) is 0 Å². The monoisotopic (exact) mass is 1470 g/mol. The lowest BCUT2D eigenvalue weighted by Gasteiger charge is -2.44. The standard InChI is InChI=1S/C110H81BN2O2/c1(6-34-71-36-10-12-38-76(71)73-56-58-84-82-44-18-26-52-94(82)109(96(84)66-73)90-48-22-14-40-78(90)79-41-15-23-49-91(79)109)3-30-64-112-100-68-75(70-32-8-5-9-33-70)69-101-104(100)111(98-62-60-88-86-46-20-28-54-102(86)114-107(88)105(98)112)99-63-61-89-87-47-21-29-55-103(87)115-108(89)106(99)113(101)65-31-4-2-7-35-72-37-11-13-39-77(72)74-57-59-85-83-45-19-27-53-95(83)110(97(85)67-74)92-50-24-16-42-80(92)81-43-17-25-51-93(81)110/h5,8-29,32-33,36-63,66-69H,1-4,6-7,30-31,34-35,64-65H2. The summed E-state index contributed by atoms with van der Waals surface area (Å²) in [6.07, 6.45) is 10.6. The summed E-state index contributed by atoms with van der Waals surface area (Å²) in [5.74, 6) is 0. The SMILES string of the molecule is c1ccc(-c2cc3c4c(c2)N(CCCCCCc2ccccc2-c2ccc5c(c2)C2(c6ccccc6-c6ccccc62)c2ccccc2-5)c2c(ccc5c2oc2ccccc25)B4c2ccc4c(oc5ccccc54)c2N3CCCCCCc2ccccc2-c2ccc3c(c2)C2(c4ccccc4-c4ccccc42)c2ccccc2-3)cc1. The lowest BCUT2D eigenvalue weighted by molar-refractivity contribution is 0.638. The highest BCUT2D eigenvalue weighted by atomic mass is 16.3. The molecule has 0 saturated carbocycles. The summed E-state index contributed by atoms with van der Waals surface area (Å²) >= 11 is 0. The van der Waals surface area contributed by atoms with E-state index in [1.165, 1.54) is 173 Å². The Hall–Kier alpha value is -13.2. The minimum atomic E-state index is -0.384. The van der Waals surface area contributed by atoms with Crippen molar-refractivity contribution in [1.82, 2.24) is 0 Å². The first-order valence-corrected chi connectivity index (χ1v) is 41.8. The average molecular weight is 1470 g/mol. The molecule has 546 valence electrons. The van der Waals surface area contributed by atoms with Crippen molar-refractivity contribution < 1.29 is 8.83 Å². The lowest BCUT2D eigenvalue weighted by Crippen LogP contribution is -2.62. The van der Waals surface area contributed by atoms with Gasteiger partial charge in [0.1, 0.15) is 11.2 Å². The maximum Gasteiger partial charge on any atom is 0.252 e. The van der Waals surface area contributed by atoms with Gasteiger partial charge in [-0.25, -0.2) is 0 Å². The number of furan rings is 2. The summed E-state index contributed by atoms with van der Waals surface area (Å²) in [6.45, 7) is 1.59. The Bertz CT molecular complexity index is 6530. The summed E-state index contributed by atoms with van der Waals surface area (Å²) in [5.41, 5.74) is 44.0. The van der Waals surface area contributed by atoms with Gasteiger partial charge in [0.05, 0.1) is 22.2 Å². The maximum absolute atomic E-state index is 7.25. The van der Waals surface area contributed by atoms with E-state index >= 15 is 0 Å². The van der Waals surface area contributed by atoms with Crippen molar-refractivity contribution in [3.05, 3.63) is 401 Å². The number of para-hydroxylation sites is 2. The largest absolute Gasteiger partial charge is 0.454 e. The third kappa shape index (κ3) is 9.68. The molecule has 4 nitrogen and oxygen atoms in total. The Labute approximate surface area is 671 Å². The van der Waals surface area contributed by atoms with Crippen LogP contribution in [0.2, 0.25) is 0 Å². The summed E-state index contributed by atoms with van der Waals surface area (Å²) in [6, 6.07) is 131. The zero-order chi connectivity index (χ0) is 75.5. The molecule has 115 heavy (non-hydrogen) atoms. The van der Waals surface area contributed by atoms with E-state index in [0.717, 1.165) is 121 Å². The van der Waals surface area contributed by atoms with Gasteiger partial charge >= 0.3 is 0 Å². The van der Waals surface area contributed by atoms with Gasteiger partial charge < -0.3 is 18.6 Å². The van der Waals surface area contributed by atoms with Crippen LogP contribution in [0.15, 0.2) is 355 Å². The van der Waals surface area contributed by atoms with Gasteiger partial charge in [0.2, 0.25) is 0 Å². The molecule has 0 amide bonds. The van der Waals surface area contributed by atoms with Gasteiger partial charge in [0, 0.05) is 46.0 Å². The fourth-order valence-electron chi connectivity index (χ4n) is 22.4. The van der Waals surface area contributed by atoms with Crippen LogP contribution in [0.4, 0.5) is 22.7 Å². The van der Waals surface area contributed by atoms with Crippen LogP contribution in [0, 0.1) is 0 Å². The topological polar surface area (TPSA) is 32.8 Å². The molecule has 0 N–H and O–H groups in total. The first-order chi connectivity index (χ1) is 57.1. The van der Waals surface area contributed by atoms with Crippen LogP contribution < -0.4 is 26.2 Å². The normalized spacial score (nSPS) is 14.1. The van der Waals surface area contributed by atoms with E-state index in [0.29, 0.717) is 0 Å². The van der Waals surface area contributed by atoms with Gasteiger partial charge in [-0.05, 0) is 225 Å². The minimum absolute atomic E-state index is 0.0877. The highest BCUT2D eigenvalue weighted by Gasteiger charge is 2.54. The van der Waals surface area contributed by atoms with Crippen LogP contribution >= 0.6 is 0 Å². The van der Waals surface area contributed by atoms with E-state index in [9.17, 15) is 0 Å². The zero-order valence-corrected chi connectivity index (χ0v) is 64.2. The molecule has 0 unspecified atom stereocenters. The third-order valence-electron chi connectivity index (χ3n) is 27.2. The van der Waals surface area contributed by atoms with Crippen LogP contribution in [0.3, 0.4) is 0 Å². The molecule has 6 aliphatic rings. The van der Waals surface area contributed by atoms with Crippen LogP contribution in [-0.4, -0.2) is 19.8 Å². The van der Waals surface area contributed by atoms with Crippen molar-refractivity contribution in [3.63, 3.8) is 0 Å². The van der Waals surface area contributed by atoms with Crippen molar-refractivity contribution in [2.45, 2.75) is 75.0 Å². The molecule has 24 rings (SSSR count). The first-order valence-electron chi connectivity index (χ1n) is 41.8. The fraction of sp³-hybridized carbons (Fsp3) is 0.127. The molecule has 2 aliphatic heterocycles. The number of aryl methyl sites for hydroxylation is 2. The Morgan fingerprint density at radius 3 is 0.991 bits per heavy atom. The molecule has 18 aromatic rings. The molecule has 4 heterocycles. The van der Waals surface area contributed by atoms with E-state index in [1.807, 2.05) is 0 Å². The molecule has 0 atom stereocenters. The number of unbranched alkanes of at least 4 members (excludes halogenated alkanes) is 6. The number of benzene rings is 16. The van der Waals surface area contributed by atoms with E-state index in [4.69, 9.17) is 8.83 Å². The molecular formula is C110H81BN2O2. The van der Waals surface area contributed by atoms with Crippen molar-refractivity contribution in [2.75, 3.05) is 22.9 Å². The quantitative estimate of drug-likeness (QED) is 0.0672. The molecule has 4 aliphatic carbocycles. The molecule has 2 aromatic heterocycles. The smallest absolute Gasteiger partial charge is 0.252 e. The Balaban J connectivity index is 0.547. The zero-order valence-electron chi connectivity index (χ0n) is 64.2. The van der Waals surface area contributed by atoms with Crippen LogP contribution in [0.1, 0.15) is 107 Å². The number of anilines is 4. The summed E-state index contributed by atoms with van der Waals surface area (Å²) in [4.78, 5) is 5.40. The molecule has 16 aromatic carbocycles. The number of nitrogens with zero attached hydrogens (tertiary/aromatic N) is 2. The molecule has 0 bridgehead atoms. The number of hydrogen-bond acceptors (Lipinski definition) is 4. The van der Waals surface area contributed by atoms with Gasteiger partial charge in [-0.15, -0.1) is 0 Å². The summed E-state index contributed by atoms with van der Waals surface area (Å²) < 4.78 is 14.5. The van der Waals surface area contributed by atoms with Crippen molar-refractivity contribution in [1.29, 1.82) is 0 Å². The predicted octanol–water partition coefficient (Wildman–Crippen LogP) is 26.2. The first kappa shape index (κ1) is 66.4. The van der Waals surface area contributed by atoms with Gasteiger partial charge in [-0.1, -0.05) is 335 Å². The number of fused-ring (bicyclic) bond motifs is 32. The van der Waals surface area contributed by atoms with Crippen LogP contribution in [0.5, 0.6) is 0 Å². The van der Waals surface area contributed by atoms with Gasteiger partial charge in [0.15, 0.2) is 11.2 Å². The minimum Gasteiger partial charge on any atom is -0.454 e. The highest BCUT2D eigenvalue weighted by molar-refractivity contribution is 7.00. The molecule has 5 heteroatoms. The fourth-order valence-corrected chi connectivity index (χ4v) is 22.4. The molecule has 0 saturated heterocycles.